The van der Waals surface area contributed by atoms with Gasteiger partial charge in [0, 0.05) is 6.42 Å². The second kappa shape index (κ2) is 7.35. The van der Waals surface area contributed by atoms with Crippen LogP contribution < -0.4 is 11.1 Å². The number of amides is 2. The Morgan fingerprint density at radius 1 is 0.962 bits per heavy atom. The predicted molar refractivity (Wildman–Crippen MR) is 102 cm³/mol. The quantitative estimate of drug-likeness (QED) is 0.671. The molecule has 0 aliphatic heterocycles. The lowest BCUT2D eigenvalue weighted by atomic mass is 9.96. The van der Waals surface area contributed by atoms with Gasteiger partial charge in [-0.1, -0.05) is 48.5 Å². The third-order valence-corrected chi connectivity index (χ3v) is 4.43. The van der Waals surface area contributed by atoms with E-state index >= 15 is 0 Å². The van der Waals surface area contributed by atoms with Gasteiger partial charge in [-0.15, -0.1) is 0 Å². The Morgan fingerprint density at radius 2 is 1.50 bits per heavy atom. The minimum Gasteiger partial charge on any atom is -0.368 e. The molecule has 5 heteroatoms. The van der Waals surface area contributed by atoms with Gasteiger partial charge in [0.05, 0.1) is 5.56 Å². The molecular weight excluding hydrogens is 328 g/mol. The van der Waals surface area contributed by atoms with Gasteiger partial charge in [-0.3, -0.25) is 9.59 Å². The van der Waals surface area contributed by atoms with E-state index < -0.39 is 11.9 Å². The molecule has 0 saturated carbocycles. The maximum atomic E-state index is 13.0. The Morgan fingerprint density at radius 3 is 2.00 bits per heavy atom. The Kier molecular flexibility index (Phi) is 4.98. The molecule has 0 aliphatic rings. The molecule has 0 bridgehead atoms. The average molecular weight is 348 g/mol. The summed E-state index contributed by atoms with van der Waals surface area (Å²) in [4.78, 5) is 35.9. The van der Waals surface area contributed by atoms with Crippen molar-refractivity contribution in [3.8, 4) is 0 Å². The van der Waals surface area contributed by atoms with E-state index in [4.69, 9.17) is 5.73 Å². The van der Waals surface area contributed by atoms with Crippen molar-refractivity contribution in [3.05, 3.63) is 60.2 Å². The predicted octanol–water partition coefficient (Wildman–Crippen LogP) is 2.95. The van der Waals surface area contributed by atoms with Crippen LogP contribution >= 0.6 is 0 Å². The molecule has 0 heterocycles. The average Bonchev–Trinajstić information content (AvgIpc) is 2.62. The van der Waals surface area contributed by atoms with E-state index in [2.05, 4.69) is 5.32 Å². The molecule has 0 fully saturated rings. The molecule has 3 rings (SSSR count). The third kappa shape index (κ3) is 3.57. The Balaban J connectivity index is 2.05. The molecule has 3 N–H and O–H groups in total. The molecule has 0 unspecified atom stereocenters. The standard InChI is InChI=1S/C21H20N2O3/c1-13(24)10-11-18(20(22)25)23-21(26)19-16-8-4-2-6-14(16)12-15-7-3-5-9-17(15)19/h2-9,12,18H,10-11H2,1H3,(H2,22,25)(H,23,26)/t18-/m0/s1. The van der Waals surface area contributed by atoms with Crippen LogP contribution in [0.25, 0.3) is 21.5 Å². The lowest BCUT2D eigenvalue weighted by Gasteiger charge is -2.17. The van der Waals surface area contributed by atoms with Crippen molar-refractivity contribution in [1.82, 2.24) is 5.32 Å². The van der Waals surface area contributed by atoms with E-state index in [1.807, 2.05) is 54.6 Å². The van der Waals surface area contributed by atoms with Crippen LogP contribution in [-0.2, 0) is 9.59 Å². The van der Waals surface area contributed by atoms with E-state index in [9.17, 15) is 14.4 Å². The number of primary amides is 1. The van der Waals surface area contributed by atoms with Gasteiger partial charge in [0.2, 0.25) is 5.91 Å². The summed E-state index contributed by atoms with van der Waals surface area (Å²) in [5.41, 5.74) is 5.92. The van der Waals surface area contributed by atoms with Crippen LogP contribution in [0.4, 0.5) is 0 Å². The van der Waals surface area contributed by atoms with Crippen LogP contribution in [0.5, 0.6) is 0 Å². The molecule has 2 amide bonds. The molecule has 0 spiro atoms. The fourth-order valence-corrected chi connectivity index (χ4v) is 3.12. The SMILES string of the molecule is CC(=O)CC[C@H](NC(=O)c1c2ccccc2cc2ccccc12)C(N)=O. The summed E-state index contributed by atoms with van der Waals surface area (Å²) in [6, 6.07) is 16.4. The number of rotatable bonds is 6. The van der Waals surface area contributed by atoms with Crippen molar-refractivity contribution >= 4 is 39.1 Å². The molecule has 1 atom stereocenters. The van der Waals surface area contributed by atoms with Gasteiger partial charge in [0.15, 0.2) is 0 Å². The van der Waals surface area contributed by atoms with Crippen molar-refractivity contribution in [2.24, 2.45) is 5.73 Å². The molecule has 0 aromatic heterocycles. The maximum absolute atomic E-state index is 13.0. The summed E-state index contributed by atoms with van der Waals surface area (Å²) >= 11 is 0. The summed E-state index contributed by atoms with van der Waals surface area (Å²) in [5.74, 6) is -1.07. The minimum absolute atomic E-state index is 0.0545. The van der Waals surface area contributed by atoms with Crippen molar-refractivity contribution < 1.29 is 14.4 Å². The number of benzene rings is 3. The van der Waals surface area contributed by atoms with E-state index in [1.165, 1.54) is 6.92 Å². The number of hydrogen-bond donors (Lipinski definition) is 2. The molecule has 3 aromatic carbocycles. The van der Waals surface area contributed by atoms with Crippen LogP contribution in [0.2, 0.25) is 0 Å². The van der Waals surface area contributed by atoms with E-state index in [0.29, 0.717) is 5.56 Å². The minimum atomic E-state index is -0.885. The van der Waals surface area contributed by atoms with Crippen LogP contribution in [-0.4, -0.2) is 23.6 Å². The summed E-state index contributed by atoms with van der Waals surface area (Å²) in [6.07, 6.45) is 0.378. The summed E-state index contributed by atoms with van der Waals surface area (Å²) < 4.78 is 0. The van der Waals surface area contributed by atoms with Gasteiger partial charge in [-0.25, -0.2) is 0 Å². The number of carbonyl (C=O) groups excluding carboxylic acids is 3. The van der Waals surface area contributed by atoms with Gasteiger partial charge >= 0.3 is 0 Å². The zero-order chi connectivity index (χ0) is 18.7. The topological polar surface area (TPSA) is 89.3 Å². The van der Waals surface area contributed by atoms with Gasteiger partial charge in [-0.2, -0.15) is 0 Å². The number of hydrogen-bond acceptors (Lipinski definition) is 3. The van der Waals surface area contributed by atoms with Crippen molar-refractivity contribution in [3.63, 3.8) is 0 Å². The second-order valence-corrected chi connectivity index (χ2v) is 6.36. The van der Waals surface area contributed by atoms with Gasteiger partial charge < -0.3 is 15.8 Å². The normalized spacial score (nSPS) is 12.0. The molecule has 26 heavy (non-hydrogen) atoms. The first-order valence-electron chi connectivity index (χ1n) is 8.47. The van der Waals surface area contributed by atoms with Gasteiger partial charge in [-0.05, 0) is 41.0 Å². The Bertz CT molecular complexity index is 956. The van der Waals surface area contributed by atoms with Crippen LogP contribution in [0.1, 0.15) is 30.1 Å². The number of carbonyl (C=O) groups is 3. The molecule has 5 nitrogen and oxygen atoms in total. The first-order valence-corrected chi connectivity index (χ1v) is 8.47. The highest BCUT2D eigenvalue weighted by Crippen LogP contribution is 2.28. The molecule has 0 saturated heterocycles. The molecular formula is C21H20N2O3. The summed E-state index contributed by atoms with van der Waals surface area (Å²) in [6.45, 7) is 1.44. The molecule has 0 radical (unpaired) electrons. The van der Waals surface area contributed by atoms with Crippen molar-refractivity contribution in [2.75, 3.05) is 0 Å². The highest BCUT2D eigenvalue weighted by molar-refractivity contribution is 6.18. The smallest absolute Gasteiger partial charge is 0.253 e. The number of nitrogens with two attached hydrogens (primary N) is 1. The fraction of sp³-hybridized carbons (Fsp3) is 0.190. The number of fused-ring (bicyclic) bond motifs is 2. The summed E-state index contributed by atoms with van der Waals surface area (Å²) in [7, 11) is 0. The monoisotopic (exact) mass is 348 g/mol. The molecule has 132 valence electrons. The number of Topliss-reactive ketones (excluding diaryl/α,β-unsaturated/α-hetero) is 1. The zero-order valence-electron chi connectivity index (χ0n) is 14.5. The number of ketones is 1. The van der Waals surface area contributed by atoms with Gasteiger partial charge in [0.1, 0.15) is 11.8 Å². The van der Waals surface area contributed by atoms with E-state index in [-0.39, 0.29) is 24.5 Å². The van der Waals surface area contributed by atoms with Crippen LogP contribution in [0.15, 0.2) is 54.6 Å². The highest BCUT2D eigenvalue weighted by Gasteiger charge is 2.22. The Labute approximate surface area is 151 Å². The molecule has 0 aliphatic carbocycles. The van der Waals surface area contributed by atoms with Crippen LogP contribution in [0, 0.1) is 0 Å². The largest absolute Gasteiger partial charge is 0.368 e. The molecule has 3 aromatic rings. The number of nitrogens with one attached hydrogen (secondary N) is 1. The second-order valence-electron chi connectivity index (χ2n) is 6.36. The maximum Gasteiger partial charge on any atom is 0.253 e. The lowest BCUT2D eigenvalue weighted by molar-refractivity contribution is -0.120. The van der Waals surface area contributed by atoms with E-state index in [0.717, 1.165) is 21.5 Å². The lowest BCUT2D eigenvalue weighted by Crippen LogP contribution is -2.44. The summed E-state index contributed by atoms with van der Waals surface area (Å²) in [5, 5.41) is 6.20. The first-order chi connectivity index (χ1) is 12.5. The Hall–Kier alpha value is -3.21. The van der Waals surface area contributed by atoms with Crippen molar-refractivity contribution in [1.29, 1.82) is 0 Å². The third-order valence-electron chi connectivity index (χ3n) is 4.43. The zero-order valence-corrected chi connectivity index (χ0v) is 14.5. The first kappa shape index (κ1) is 17.6. The fourth-order valence-electron chi connectivity index (χ4n) is 3.12. The van der Waals surface area contributed by atoms with Crippen LogP contribution in [0.3, 0.4) is 0 Å². The highest BCUT2D eigenvalue weighted by atomic mass is 16.2. The van der Waals surface area contributed by atoms with Crippen molar-refractivity contribution in [2.45, 2.75) is 25.8 Å². The van der Waals surface area contributed by atoms with Gasteiger partial charge in [0.25, 0.3) is 5.91 Å². The van der Waals surface area contributed by atoms with E-state index in [1.54, 1.807) is 0 Å².